The van der Waals surface area contributed by atoms with E-state index in [0.717, 1.165) is 12.1 Å². The topological polar surface area (TPSA) is 132 Å². The number of benzene rings is 3. The van der Waals surface area contributed by atoms with Crippen LogP contribution in [0.15, 0.2) is 79.1 Å². The SMILES string of the molecule is Cc1ccc2c(C(c3ccccc3F)S(N)(=O)=O)c(F)ccc2c1Oc1ncccc1-c1ccnc(N[C@H]2CNC[C@H](F)C2)n1. The highest BCUT2D eigenvalue weighted by atomic mass is 32.2. The van der Waals surface area contributed by atoms with Crippen molar-refractivity contribution in [1.82, 2.24) is 20.3 Å². The maximum atomic E-state index is 15.5. The van der Waals surface area contributed by atoms with Crippen LogP contribution in [-0.4, -0.2) is 48.7 Å². The number of aryl methyl sites for hydroxylation is 1. The average Bonchev–Trinajstić information content (AvgIpc) is 3.00. The minimum Gasteiger partial charge on any atom is -0.437 e. The van der Waals surface area contributed by atoms with Gasteiger partial charge in [-0.1, -0.05) is 30.3 Å². The van der Waals surface area contributed by atoms with E-state index in [2.05, 4.69) is 25.6 Å². The first-order valence-electron chi connectivity index (χ1n) is 14.2. The Hall–Kier alpha value is -4.59. The van der Waals surface area contributed by atoms with Crippen LogP contribution in [0.2, 0.25) is 0 Å². The van der Waals surface area contributed by atoms with E-state index in [4.69, 9.17) is 9.88 Å². The van der Waals surface area contributed by atoms with E-state index in [-0.39, 0.29) is 34.2 Å². The van der Waals surface area contributed by atoms with Crippen LogP contribution in [0, 0.1) is 18.6 Å². The number of pyridine rings is 1. The third-order valence-corrected chi connectivity index (χ3v) is 8.79. The summed E-state index contributed by atoms with van der Waals surface area (Å²) in [6, 6.07) is 16.0. The summed E-state index contributed by atoms with van der Waals surface area (Å²) in [6.07, 6.45) is 2.46. The Labute approximate surface area is 257 Å². The molecule has 0 spiro atoms. The second-order valence-electron chi connectivity index (χ2n) is 10.8. The molecule has 45 heavy (non-hydrogen) atoms. The number of aromatic nitrogens is 3. The summed E-state index contributed by atoms with van der Waals surface area (Å²) < 4.78 is 76.4. The maximum Gasteiger partial charge on any atom is 0.228 e. The average molecular weight is 635 g/mol. The summed E-state index contributed by atoms with van der Waals surface area (Å²) in [6.45, 7) is 2.65. The molecule has 0 bridgehead atoms. The van der Waals surface area contributed by atoms with Crippen molar-refractivity contribution in [2.75, 3.05) is 18.4 Å². The van der Waals surface area contributed by atoms with Crippen LogP contribution in [-0.2, 0) is 10.0 Å². The number of primary sulfonamides is 1. The molecule has 0 radical (unpaired) electrons. The van der Waals surface area contributed by atoms with Gasteiger partial charge >= 0.3 is 0 Å². The molecule has 2 aromatic heterocycles. The van der Waals surface area contributed by atoms with Crippen LogP contribution >= 0.6 is 0 Å². The molecule has 5 aromatic rings. The van der Waals surface area contributed by atoms with Gasteiger partial charge in [-0.2, -0.15) is 0 Å². The maximum absolute atomic E-state index is 15.5. The summed E-state index contributed by atoms with van der Waals surface area (Å²) in [7, 11) is -4.53. The van der Waals surface area contributed by atoms with Crippen LogP contribution in [0.1, 0.15) is 28.4 Å². The lowest BCUT2D eigenvalue weighted by molar-refractivity contribution is 0.254. The quantitative estimate of drug-likeness (QED) is 0.202. The molecule has 0 aliphatic carbocycles. The van der Waals surface area contributed by atoms with Crippen LogP contribution in [0.5, 0.6) is 11.6 Å². The van der Waals surface area contributed by atoms with E-state index in [9.17, 15) is 17.2 Å². The number of fused-ring (bicyclic) bond motifs is 1. The van der Waals surface area contributed by atoms with Crippen molar-refractivity contribution in [3.05, 3.63) is 107 Å². The molecule has 1 unspecified atom stereocenters. The Kier molecular flexibility index (Phi) is 8.40. The predicted molar refractivity (Wildman–Crippen MR) is 165 cm³/mol. The van der Waals surface area contributed by atoms with E-state index >= 15 is 4.39 Å². The Morgan fingerprint density at radius 3 is 2.53 bits per heavy atom. The fraction of sp³-hybridized carbons (Fsp3) is 0.219. The van der Waals surface area contributed by atoms with Crippen LogP contribution < -0.4 is 20.5 Å². The van der Waals surface area contributed by atoms with Crippen molar-refractivity contribution in [2.24, 2.45) is 5.14 Å². The molecule has 232 valence electrons. The highest BCUT2D eigenvalue weighted by molar-refractivity contribution is 7.89. The molecule has 9 nitrogen and oxygen atoms in total. The smallest absolute Gasteiger partial charge is 0.228 e. The predicted octanol–water partition coefficient (Wildman–Crippen LogP) is 5.56. The number of ether oxygens (including phenoxy) is 1. The lowest BCUT2D eigenvalue weighted by Crippen LogP contribution is -2.44. The minimum absolute atomic E-state index is 0.170. The van der Waals surface area contributed by atoms with E-state index in [1.807, 2.05) is 0 Å². The molecule has 0 saturated carbocycles. The van der Waals surface area contributed by atoms with E-state index < -0.39 is 33.1 Å². The highest BCUT2D eigenvalue weighted by Crippen LogP contribution is 2.42. The molecule has 3 atom stereocenters. The second-order valence-corrected chi connectivity index (χ2v) is 12.5. The standard InChI is InChI=1S/C32H29F3N6O3S/c1-18-8-9-21-22(10-11-26(35)28(21)30(45(36,42)43)23-5-2-3-7-25(23)34)29(18)44-31-24(6-4-13-38-31)27-12-14-39-32(41-27)40-20-15-19(33)16-37-17-20/h2-14,19-20,30,37H,15-17H2,1H3,(H2,36,42,43)(H,39,40,41)/t19-,20-,30?/m1/s1. The molecule has 4 N–H and O–H groups in total. The van der Waals surface area contributed by atoms with Crippen molar-refractivity contribution in [1.29, 1.82) is 0 Å². The number of rotatable bonds is 8. The molecule has 13 heteroatoms. The Balaban J connectivity index is 1.42. The summed E-state index contributed by atoms with van der Waals surface area (Å²) in [5, 5.41) is 10.5. The van der Waals surface area contributed by atoms with Gasteiger partial charge in [0.1, 0.15) is 28.8 Å². The molecule has 1 aliphatic rings. The lowest BCUT2D eigenvalue weighted by atomic mass is 9.95. The normalized spacial score (nSPS) is 17.6. The number of sulfonamides is 1. The lowest BCUT2D eigenvalue weighted by Gasteiger charge is -2.26. The number of hydrogen-bond acceptors (Lipinski definition) is 8. The number of nitrogens with one attached hydrogen (secondary N) is 2. The van der Waals surface area contributed by atoms with Gasteiger partial charge in [-0.25, -0.2) is 41.7 Å². The van der Waals surface area contributed by atoms with Crippen LogP contribution in [0.3, 0.4) is 0 Å². The van der Waals surface area contributed by atoms with Crippen molar-refractivity contribution < 1.29 is 26.3 Å². The minimum atomic E-state index is -4.53. The van der Waals surface area contributed by atoms with Gasteiger partial charge in [0.25, 0.3) is 0 Å². The molecule has 3 heterocycles. The molecule has 1 aliphatic heterocycles. The third-order valence-electron chi connectivity index (χ3n) is 7.65. The van der Waals surface area contributed by atoms with Gasteiger partial charge in [-0.3, -0.25) is 0 Å². The number of hydrogen-bond donors (Lipinski definition) is 3. The number of anilines is 1. The molecule has 0 amide bonds. The van der Waals surface area contributed by atoms with E-state index in [1.54, 1.807) is 43.5 Å². The van der Waals surface area contributed by atoms with Crippen molar-refractivity contribution >= 4 is 26.7 Å². The fourth-order valence-electron chi connectivity index (χ4n) is 5.59. The van der Waals surface area contributed by atoms with Crippen molar-refractivity contribution in [2.45, 2.75) is 30.8 Å². The monoisotopic (exact) mass is 634 g/mol. The summed E-state index contributed by atoms with van der Waals surface area (Å²) in [5.41, 5.74) is 1.06. The number of halogens is 3. The first kappa shape index (κ1) is 30.4. The number of piperidine rings is 1. The largest absolute Gasteiger partial charge is 0.437 e. The molecule has 1 saturated heterocycles. The van der Waals surface area contributed by atoms with E-state index in [1.165, 1.54) is 30.5 Å². The Bertz CT molecular complexity index is 2000. The van der Waals surface area contributed by atoms with Crippen molar-refractivity contribution in [3.63, 3.8) is 0 Å². The zero-order valence-corrected chi connectivity index (χ0v) is 24.9. The first-order chi connectivity index (χ1) is 21.6. The van der Waals surface area contributed by atoms with Gasteiger partial charge in [-0.05, 0) is 54.3 Å². The van der Waals surface area contributed by atoms with Crippen LogP contribution in [0.25, 0.3) is 22.0 Å². The fourth-order valence-corrected chi connectivity index (χ4v) is 6.71. The summed E-state index contributed by atoms with van der Waals surface area (Å²) in [5.74, 6) is -0.940. The zero-order valence-electron chi connectivity index (χ0n) is 24.0. The van der Waals surface area contributed by atoms with Gasteiger partial charge in [0.15, 0.2) is 0 Å². The molecule has 1 fully saturated rings. The van der Waals surface area contributed by atoms with Gasteiger partial charge in [0.05, 0.1) is 11.3 Å². The Morgan fingerprint density at radius 1 is 0.956 bits per heavy atom. The first-order valence-corrected chi connectivity index (χ1v) is 15.8. The Morgan fingerprint density at radius 2 is 1.76 bits per heavy atom. The van der Waals surface area contributed by atoms with Gasteiger partial charge in [0, 0.05) is 54.5 Å². The molecular formula is C32H29F3N6O3S. The second kappa shape index (κ2) is 12.4. The summed E-state index contributed by atoms with van der Waals surface area (Å²) >= 11 is 0. The van der Waals surface area contributed by atoms with Crippen molar-refractivity contribution in [3.8, 4) is 22.9 Å². The van der Waals surface area contributed by atoms with Gasteiger partial charge in [0.2, 0.25) is 21.9 Å². The van der Waals surface area contributed by atoms with E-state index in [0.29, 0.717) is 47.7 Å². The van der Waals surface area contributed by atoms with Gasteiger partial charge < -0.3 is 15.4 Å². The number of nitrogens with zero attached hydrogens (tertiary/aromatic N) is 3. The third kappa shape index (κ3) is 6.32. The highest BCUT2D eigenvalue weighted by Gasteiger charge is 2.33. The summed E-state index contributed by atoms with van der Waals surface area (Å²) in [4.78, 5) is 13.3. The molecule has 3 aromatic carbocycles. The zero-order chi connectivity index (χ0) is 31.7. The number of alkyl halides is 1. The molecule has 6 rings (SSSR count). The molecular weight excluding hydrogens is 605 g/mol. The number of nitrogens with two attached hydrogens (primary N) is 1. The van der Waals surface area contributed by atoms with Crippen LogP contribution in [0.4, 0.5) is 19.1 Å². The van der Waals surface area contributed by atoms with Gasteiger partial charge in [-0.15, -0.1) is 0 Å².